The summed E-state index contributed by atoms with van der Waals surface area (Å²) >= 11 is 0. The third kappa shape index (κ3) is 1.12. The Kier molecular flexibility index (Phi) is 1.55. The number of hydrogen-bond donors (Lipinski definition) is 0. The topological polar surface area (TPSA) is 0 Å². The van der Waals surface area contributed by atoms with Crippen molar-refractivity contribution in [2.75, 3.05) is 0 Å². The van der Waals surface area contributed by atoms with E-state index in [0.29, 0.717) is 0 Å². The Hall–Kier alpha value is -1.22. The Balaban J connectivity index is 3.20. The molecule has 9 heavy (non-hydrogen) atoms. The third-order valence-corrected chi connectivity index (χ3v) is 1.23. The Morgan fingerprint density at radius 2 is 2.44 bits per heavy atom. The summed E-state index contributed by atoms with van der Waals surface area (Å²) < 4.78 is 0. The van der Waals surface area contributed by atoms with Crippen molar-refractivity contribution in [2.24, 2.45) is 0 Å². The zero-order valence-corrected chi connectivity index (χ0v) is 5.31. The molecule has 0 heteroatoms. The molecule has 0 bridgehead atoms. The van der Waals surface area contributed by atoms with Crippen LogP contribution in [0.25, 0.3) is 0 Å². The first-order chi connectivity index (χ1) is 4.34. The minimum atomic E-state index is 0.953. The molecule has 0 spiro atoms. The van der Waals surface area contributed by atoms with E-state index in [1.165, 1.54) is 0 Å². The second-order valence-corrected chi connectivity index (χ2v) is 1.89. The molecule has 0 fully saturated rings. The number of aryl methyl sites for hydroxylation is 1. The van der Waals surface area contributed by atoms with Crippen molar-refractivity contribution >= 4 is 0 Å². The molecule has 0 saturated heterocycles. The fourth-order valence-corrected chi connectivity index (χ4v) is 0.676. The maximum Gasteiger partial charge on any atom is 0.0272 e. The van der Waals surface area contributed by atoms with E-state index in [2.05, 4.69) is 12.0 Å². The molecule has 0 aliphatic carbocycles. The van der Waals surface area contributed by atoms with E-state index in [1.54, 1.807) is 0 Å². The van der Waals surface area contributed by atoms with Gasteiger partial charge in [0.1, 0.15) is 0 Å². The lowest BCUT2D eigenvalue weighted by Gasteiger charge is -1.92. The molecule has 43 valence electrons. The van der Waals surface area contributed by atoms with Crippen molar-refractivity contribution < 1.29 is 0 Å². The van der Waals surface area contributed by atoms with E-state index in [4.69, 9.17) is 6.42 Å². The van der Waals surface area contributed by atoms with Crippen LogP contribution in [0, 0.1) is 25.3 Å². The zero-order valence-electron chi connectivity index (χ0n) is 5.31. The molecule has 1 radical (unpaired) electrons. The second-order valence-electron chi connectivity index (χ2n) is 1.89. The maximum atomic E-state index is 5.19. The van der Waals surface area contributed by atoms with Crippen LogP contribution < -0.4 is 0 Å². The highest BCUT2D eigenvalue weighted by molar-refractivity contribution is 5.38. The molecule has 0 aliphatic rings. The minimum Gasteiger partial charge on any atom is -0.115 e. The molecular formula is C9H7. The predicted octanol–water partition coefficient (Wildman–Crippen LogP) is 1.78. The van der Waals surface area contributed by atoms with Crippen LogP contribution in [0.1, 0.15) is 11.1 Å². The van der Waals surface area contributed by atoms with Crippen LogP contribution in [-0.2, 0) is 0 Å². The average Bonchev–Trinajstić information content (AvgIpc) is 1.89. The number of benzene rings is 1. The predicted molar refractivity (Wildman–Crippen MR) is 38.0 cm³/mol. The van der Waals surface area contributed by atoms with Gasteiger partial charge in [-0.25, -0.2) is 0 Å². The molecule has 1 aromatic rings. The Morgan fingerprint density at radius 3 is 2.89 bits per heavy atom. The van der Waals surface area contributed by atoms with Gasteiger partial charge in [0.2, 0.25) is 0 Å². The quantitative estimate of drug-likeness (QED) is 0.452. The zero-order chi connectivity index (χ0) is 6.69. The first kappa shape index (κ1) is 5.91. The van der Waals surface area contributed by atoms with Gasteiger partial charge in [0.15, 0.2) is 0 Å². The van der Waals surface area contributed by atoms with Crippen LogP contribution in [0.2, 0.25) is 0 Å². The first-order valence-corrected chi connectivity index (χ1v) is 2.78. The van der Waals surface area contributed by atoms with Gasteiger partial charge in [0.25, 0.3) is 0 Å². The Morgan fingerprint density at radius 1 is 1.67 bits per heavy atom. The molecule has 0 saturated carbocycles. The van der Waals surface area contributed by atoms with Crippen molar-refractivity contribution in [1.82, 2.24) is 0 Å². The SMILES string of the molecule is C#Cc1cc[c]cc1C. The van der Waals surface area contributed by atoms with E-state index in [9.17, 15) is 0 Å². The minimum absolute atomic E-state index is 0.953. The highest BCUT2D eigenvalue weighted by Gasteiger charge is 1.87. The van der Waals surface area contributed by atoms with Crippen molar-refractivity contribution in [1.29, 1.82) is 0 Å². The lowest BCUT2D eigenvalue weighted by Crippen LogP contribution is -1.77. The van der Waals surface area contributed by atoms with E-state index >= 15 is 0 Å². The normalized spacial score (nSPS) is 8.44. The van der Waals surface area contributed by atoms with Crippen LogP contribution in [0.3, 0.4) is 0 Å². The van der Waals surface area contributed by atoms with Gasteiger partial charge in [-0.3, -0.25) is 0 Å². The van der Waals surface area contributed by atoms with Crippen LogP contribution in [0.15, 0.2) is 18.2 Å². The summed E-state index contributed by atoms with van der Waals surface area (Å²) in [6.45, 7) is 1.98. The largest absolute Gasteiger partial charge is 0.115 e. The van der Waals surface area contributed by atoms with Crippen molar-refractivity contribution in [3.05, 3.63) is 35.4 Å². The van der Waals surface area contributed by atoms with Gasteiger partial charge in [0.05, 0.1) is 0 Å². The average molecular weight is 115 g/mol. The number of rotatable bonds is 0. The fraction of sp³-hybridized carbons (Fsp3) is 0.111. The lowest BCUT2D eigenvalue weighted by atomic mass is 10.1. The van der Waals surface area contributed by atoms with Gasteiger partial charge in [-0.1, -0.05) is 18.1 Å². The standard InChI is InChI=1S/C9H7/c1-3-9-7-5-4-6-8(9)2/h1,5-7H,2H3. The fourth-order valence-electron chi connectivity index (χ4n) is 0.676. The Labute approximate surface area is 55.5 Å². The van der Waals surface area contributed by atoms with Crippen LogP contribution in [0.5, 0.6) is 0 Å². The van der Waals surface area contributed by atoms with Gasteiger partial charge in [-0.15, -0.1) is 6.42 Å². The highest BCUT2D eigenvalue weighted by atomic mass is 13.9. The van der Waals surface area contributed by atoms with Crippen molar-refractivity contribution in [3.8, 4) is 12.3 Å². The molecule has 0 atom stereocenters. The van der Waals surface area contributed by atoms with Gasteiger partial charge in [-0.2, -0.15) is 0 Å². The monoisotopic (exact) mass is 115 g/mol. The van der Waals surface area contributed by atoms with Crippen molar-refractivity contribution in [2.45, 2.75) is 6.92 Å². The van der Waals surface area contributed by atoms with E-state index < -0.39 is 0 Å². The summed E-state index contributed by atoms with van der Waals surface area (Å²) in [5.41, 5.74) is 2.06. The summed E-state index contributed by atoms with van der Waals surface area (Å²) in [5, 5.41) is 0. The summed E-state index contributed by atoms with van der Waals surface area (Å²) in [5.74, 6) is 2.58. The van der Waals surface area contributed by atoms with E-state index in [1.807, 2.05) is 25.1 Å². The molecule has 0 aromatic heterocycles. The van der Waals surface area contributed by atoms with Crippen LogP contribution in [-0.4, -0.2) is 0 Å². The molecule has 0 N–H and O–H groups in total. The molecule has 0 nitrogen and oxygen atoms in total. The summed E-state index contributed by atoms with van der Waals surface area (Å²) in [6, 6.07) is 8.53. The third-order valence-electron chi connectivity index (χ3n) is 1.23. The van der Waals surface area contributed by atoms with Gasteiger partial charge < -0.3 is 0 Å². The second kappa shape index (κ2) is 2.37. The first-order valence-electron chi connectivity index (χ1n) is 2.78. The number of hydrogen-bond acceptors (Lipinski definition) is 0. The summed E-state index contributed by atoms with van der Waals surface area (Å²) in [6.07, 6.45) is 5.19. The molecule has 0 aliphatic heterocycles. The molecular weight excluding hydrogens is 108 g/mol. The lowest BCUT2D eigenvalue weighted by molar-refractivity contribution is 1.43. The smallest absolute Gasteiger partial charge is 0.0272 e. The van der Waals surface area contributed by atoms with Crippen molar-refractivity contribution in [3.63, 3.8) is 0 Å². The number of terminal acetylenes is 1. The summed E-state index contributed by atoms with van der Waals surface area (Å²) in [4.78, 5) is 0. The molecule has 0 heterocycles. The van der Waals surface area contributed by atoms with Crippen LogP contribution in [0.4, 0.5) is 0 Å². The van der Waals surface area contributed by atoms with Crippen LogP contribution >= 0.6 is 0 Å². The van der Waals surface area contributed by atoms with Gasteiger partial charge >= 0.3 is 0 Å². The van der Waals surface area contributed by atoms with E-state index in [0.717, 1.165) is 11.1 Å². The summed E-state index contributed by atoms with van der Waals surface area (Å²) in [7, 11) is 0. The molecule has 1 aromatic carbocycles. The molecule has 1 rings (SSSR count). The maximum absolute atomic E-state index is 5.19. The Bertz CT molecular complexity index is 240. The van der Waals surface area contributed by atoms with E-state index in [-0.39, 0.29) is 0 Å². The highest BCUT2D eigenvalue weighted by Crippen LogP contribution is 2.02. The molecule has 0 amide bonds. The van der Waals surface area contributed by atoms with Gasteiger partial charge in [-0.05, 0) is 24.6 Å². The van der Waals surface area contributed by atoms with Gasteiger partial charge in [0, 0.05) is 5.56 Å². The molecule has 0 unspecified atom stereocenters.